The molecule has 2 saturated heterocycles. The van der Waals surface area contributed by atoms with Gasteiger partial charge in [0.25, 0.3) is 0 Å². The quantitative estimate of drug-likeness (QED) is 0.808. The van der Waals surface area contributed by atoms with Crippen molar-refractivity contribution in [3.05, 3.63) is 0 Å². The van der Waals surface area contributed by atoms with E-state index >= 15 is 0 Å². The van der Waals surface area contributed by atoms with Crippen LogP contribution in [0.3, 0.4) is 0 Å². The smallest absolute Gasteiger partial charge is 0.314 e. The van der Waals surface area contributed by atoms with E-state index in [1.807, 2.05) is 0 Å². The van der Waals surface area contributed by atoms with E-state index in [9.17, 15) is 9.59 Å². The van der Waals surface area contributed by atoms with Crippen molar-refractivity contribution >= 4 is 11.9 Å². The Morgan fingerprint density at radius 3 is 2.18 bits per heavy atom. The molecule has 3 fully saturated rings. The average molecular weight is 307 g/mol. The molecule has 22 heavy (non-hydrogen) atoms. The van der Waals surface area contributed by atoms with Gasteiger partial charge in [-0.2, -0.15) is 0 Å². The first-order chi connectivity index (χ1) is 10.6. The van der Waals surface area contributed by atoms with Crippen LogP contribution < -0.4 is 5.73 Å². The van der Waals surface area contributed by atoms with Gasteiger partial charge in [0.2, 0.25) is 5.91 Å². The number of amides is 3. The van der Waals surface area contributed by atoms with Gasteiger partial charge in [-0.3, -0.25) is 4.79 Å². The molecule has 1 spiro atoms. The molecule has 3 aliphatic rings. The fraction of sp³-hybridized carbons (Fsp3) is 0.882. The van der Waals surface area contributed by atoms with Gasteiger partial charge < -0.3 is 15.5 Å². The van der Waals surface area contributed by atoms with Crippen molar-refractivity contribution in [1.82, 2.24) is 9.80 Å². The summed E-state index contributed by atoms with van der Waals surface area (Å²) >= 11 is 0. The van der Waals surface area contributed by atoms with Crippen LogP contribution in [0.15, 0.2) is 0 Å². The molecule has 2 heterocycles. The van der Waals surface area contributed by atoms with E-state index < -0.39 is 6.03 Å². The molecule has 2 N–H and O–H groups in total. The van der Waals surface area contributed by atoms with Crippen molar-refractivity contribution in [2.75, 3.05) is 26.2 Å². The normalized spacial score (nSPS) is 28.6. The van der Waals surface area contributed by atoms with Gasteiger partial charge in [-0.25, -0.2) is 4.79 Å². The van der Waals surface area contributed by atoms with Gasteiger partial charge in [0, 0.05) is 26.2 Å². The number of hydrogen-bond acceptors (Lipinski definition) is 2. The minimum Gasteiger partial charge on any atom is -0.351 e. The second-order valence-electron chi connectivity index (χ2n) is 7.51. The molecule has 5 nitrogen and oxygen atoms in total. The number of primary amides is 1. The monoisotopic (exact) mass is 307 g/mol. The van der Waals surface area contributed by atoms with Crippen molar-refractivity contribution in [3.8, 4) is 0 Å². The lowest BCUT2D eigenvalue weighted by molar-refractivity contribution is -0.139. The summed E-state index contributed by atoms with van der Waals surface area (Å²) in [6.45, 7) is 3.02. The summed E-state index contributed by atoms with van der Waals surface area (Å²) in [5, 5.41) is 0. The fourth-order valence-electron chi connectivity index (χ4n) is 4.64. The zero-order chi connectivity index (χ0) is 15.6. The van der Waals surface area contributed by atoms with Crippen LogP contribution in [0.25, 0.3) is 0 Å². The van der Waals surface area contributed by atoms with Crippen molar-refractivity contribution in [2.45, 2.75) is 57.8 Å². The minimum absolute atomic E-state index is 0.0401. The number of carbonyl (C=O) groups is 2. The molecular formula is C17H29N3O2. The predicted molar refractivity (Wildman–Crippen MR) is 85.2 cm³/mol. The van der Waals surface area contributed by atoms with Gasteiger partial charge in [-0.1, -0.05) is 19.3 Å². The average Bonchev–Trinajstić information content (AvgIpc) is 2.56. The topological polar surface area (TPSA) is 66.6 Å². The number of likely N-dealkylation sites (tertiary alicyclic amines) is 2. The van der Waals surface area contributed by atoms with Crippen LogP contribution in [-0.4, -0.2) is 47.9 Å². The zero-order valence-corrected chi connectivity index (χ0v) is 13.6. The molecular weight excluding hydrogens is 278 g/mol. The van der Waals surface area contributed by atoms with Gasteiger partial charge in [-0.05, 0) is 43.9 Å². The van der Waals surface area contributed by atoms with E-state index in [0.717, 1.165) is 25.9 Å². The maximum atomic E-state index is 12.7. The highest BCUT2D eigenvalue weighted by Crippen LogP contribution is 2.44. The fourth-order valence-corrected chi connectivity index (χ4v) is 4.64. The maximum Gasteiger partial charge on any atom is 0.314 e. The lowest BCUT2D eigenvalue weighted by Crippen LogP contribution is -2.51. The summed E-state index contributed by atoms with van der Waals surface area (Å²) in [7, 11) is 0. The Morgan fingerprint density at radius 1 is 0.864 bits per heavy atom. The van der Waals surface area contributed by atoms with Gasteiger partial charge >= 0.3 is 6.03 Å². The van der Waals surface area contributed by atoms with Crippen molar-refractivity contribution < 1.29 is 9.59 Å². The van der Waals surface area contributed by atoms with Crippen LogP contribution in [0.2, 0.25) is 0 Å². The number of piperidine rings is 2. The van der Waals surface area contributed by atoms with Crippen LogP contribution in [0.4, 0.5) is 4.79 Å². The van der Waals surface area contributed by atoms with E-state index in [1.54, 1.807) is 4.90 Å². The Kier molecular flexibility index (Phi) is 4.59. The number of rotatable bonds is 1. The summed E-state index contributed by atoms with van der Waals surface area (Å²) < 4.78 is 0. The molecule has 3 amide bonds. The number of urea groups is 1. The van der Waals surface area contributed by atoms with Crippen LogP contribution in [-0.2, 0) is 4.79 Å². The van der Waals surface area contributed by atoms with E-state index in [-0.39, 0.29) is 11.8 Å². The summed E-state index contributed by atoms with van der Waals surface area (Å²) in [5.41, 5.74) is 5.89. The molecule has 1 aliphatic carbocycles. The molecule has 0 bridgehead atoms. The summed E-state index contributed by atoms with van der Waals surface area (Å²) in [6.07, 6.45) is 10.9. The third kappa shape index (κ3) is 3.23. The van der Waals surface area contributed by atoms with Crippen molar-refractivity contribution in [1.29, 1.82) is 0 Å². The Morgan fingerprint density at radius 2 is 1.55 bits per heavy atom. The largest absolute Gasteiger partial charge is 0.351 e. The van der Waals surface area contributed by atoms with Gasteiger partial charge in [0.1, 0.15) is 0 Å². The summed E-state index contributed by atoms with van der Waals surface area (Å²) in [5.74, 6) is 0.207. The molecule has 0 aromatic rings. The van der Waals surface area contributed by atoms with E-state index in [1.165, 1.54) is 44.9 Å². The van der Waals surface area contributed by atoms with E-state index in [2.05, 4.69) is 4.90 Å². The predicted octanol–water partition coefficient (Wildman–Crippen LogP) is 2.35. The molecule has 0 unspecified atom stereocenters. The molecule has 1 saturated carbocycles. The first-order valence-electron chi connectivity index (χ1n) is 8.93. The number of carbonyl (C=O) groups excluding carboxylic acids is 2. The lowest BCUT2D eigenvalue weighted by Gasteiger charge is -2.45. The maximum absolute atomic E-state index is 12.7. The Bertz CT molecular complexity index is 422. The molecule has 0 radical (unpaired) electrons. The van der Waals surface area contributed by atoms with Gasteiger partial charge in [0.15, 0.2) is 0 Å². The Hall–Kier alpha value is -1.26. The number of nitrogens with zero attached hydrogens (tertiary/aromatic N) is 2. The SMILES string of the molecule is NC(=O)N1CCC[C@H](C(=O)N2CCC3(CCCCC3)CC2)C1. The second kappa shape index (κ2) is 6.47. The van der Waals surface area contributed by atoms with Gasteiger partial charge in [-0.15, -0.1) is 0 Å². The molecule has 3 rings (SSSR count). The van der Waals surface area contributed by atoms with E-state index in [4.69, 9.17) is 5.73 Å². The first kappa shape index (κ1) is 15.6. The van der Waals surface area contributed by atoms with Crippen LogP contribution in [0, 0.1) is 11.3 Å². The highest BCUT2D eigenvalue weighted by Gasteiger charge is 2.38. The molecule has 124 valence electrons. The number of nitrogens with two attached hydrogens (primary N) is 1. The highest BCUT2D eigenvalue weighted by molar-refractivity contribution is 5.80. The summed E-state index contributed by atoms with van der Waals surface area (Å²) in [6, 6.07) is -0.391. The highest BCUT2D eigenvalue weighted by atomic mass is 16.2. The van der Waals surface area contributed by atoms with Crippen molar-refractivity contribution in [3.63, 3.8) is 0 Å². The molecule has 1 atom stereocenters. The first-order valence-corrected chi connectivity index (χ1v) is 8.93. The van der Waals surface area contributed by atoms with Crippen LogP contribution in [0.5, 0.6) is 0 Å². The number of hydrogen-bond donors (Lipinski definition) is 1. The Labute approximate surface area is 133 Å². The van der Waals surface area contributed by atoms with Crippen molar-refractivity contribution in [2.24, 2.45) is 17.1 Å². The van der Waals surface area contributed by atoms with Gasteiger partial charge in [0.05, 0.1) is 5.92 Å². The molecule has 0 aromatic heterocycles. The van der Waals surface area contributed by atoms with Crippen LogP contribution >= 0.6 is 0 Å². The molecule has 0 aromatic carbocycles. The third-order valence-electron chi connectivity index (χ3n) is 6.13. The standard InChI is InChI=1S/C17H29N3O2/c18-16(22)20-10-4-5-14(13-20)15(21)19-11-8-17(9-12-19)6-2-1-3-7-17/h14H,1-13H2,(H2,18,22)/t14-/m0/s1. The Balaban J connectivity index is 1.54. The minimum atomic E-state index is -0.391. The summed E-state index contributed by atoms with van der Waals surface area (Å²) in [4.78, 5) is 27.7. The zero-order valence-electron chi connectivity index (χ0n) is 13.6. The second-order valence-corrected chi connectivity index (χ2v) is 7.51. The molecule has 5 heteroatoms. The molecule has 2 aliphatic heterocycles. The third-order valence-corrected chi connectivity index (χ3v) is 6.13. The van der Waals surface area contributed by atoms with E-state index in [0.29, 0.717) is 18.5 Å². The lowest BCUT2D eigenvalue weighted by atomic mass is 9.68. The van der Waals surface area contributed by atoms with Crippen LogP contribution in [0.1, 0.15) is 57.8 Å².